The highest BCUT2D eigenvalue weighted by Gasteiger charge is 2.43. The van der Waals surface area contributed by atoms with E-state index in [2.05, 4.69) is 5.32 Å². The number of piperidine rings is 1. The molecule has 1 aliphatic carbocycles. The molecule has 2 aromatic rings. The summed E-state index contributed by atoms with van der Waals surface area (Å²) in [7, 11) is -0.549. The highest BCUT2D eigenvalue weighted by atomic mass is 32.2. The van der Waals surface area contributed by atoms with E-state index in [1.165, 1.54) is 33.9 Å². The van der Waals surface area contributed by atoms with Gasteiger partial charge in [-0.2, -0.15) is 17.0 Å². The second kappa shape index (κ2) is 9.52. The van der Waals surface area contributed by atoms with E-state index in [0.29, 0.717) is 18.4 Å². The van der Waals surface area contributed by atoms with Gasteiger partial charge in [0.25, 0.3) is 16.1 Å². The smallest absolute Gasteiger partial charge is 0.281 e. The summed E-state index contributed by atoms with van der Waals surface area (Å²) in [5.41, 5.74) is 0.0506. The fourth-order valence-electron chi connectivity index (χ4n) is 4.60. The Kier molecular flexibility index (Phi) is 6.84. The highest BCUT2D eigenvalue weighted by Crippen LogP contribution is 2.38. The summed E-state index contributed by atoms with van der Waals surface area (Å²) < 4.78 is 48.3. The molecule has 34 heavy (non-hydrogen) atoms. The SMILES string of the molecule is COc1cccc(O)c1C(=O)NCC1(c2cccc(F)c2)CCN(S(=O)(=O)N(C)C2CC2)CC1. The molecule has 2 aromatic carbocycles. The molecule has 2 fully saturated rings. The number of rotatable bonds is 8. The van der Waals surface area contributed by atoms with E-state index in [1.54, 1.807) is 31.3 Å². The molecule has 0 unspecified atom stereocenters. The number of carbonyl (C=O) groups excluding carboxylic acids is 1. The van der Waals surface area contributed by atoms with Crippen LogP contribution in [0.5, 0.6) is 11.5 Å². The van der Waals surface area contributed by atoms with Crippen LogP contribution in [0.3, 0.4) is 0 Å². The summed E-state index contributed by atoms with van der Waals surface area (Å²) in [4.78, 5) is 13.0. The Balaban J connectivity index is 1.56. The molecule has 4 rings (SSSR count). The number of aromatic hydroxyl groups is 1. The minimum absolute atomic E-state index is 0.0189. The highest BCUT2D eigenvalue weighted by molar-refractivity contribution is 7.86. The third-order valence-corrected chi connectivity index (χ3v) is 8.95. The zero-order valence-corrected chi connectivity index (χ0v) is 20.1. The molecule has 184 valence electrons. The molecule has 1 saturated heterocycles. The number of amides is 1. The Hall–Kier alpha value is -2.69. The van der Waals surface area contributed by atoms with E-state index in [0.717, 1.165) is 12.8 Å². The predicted octanol–water partition coefficient (Wildman–Crippen LogP) is 2.64. The van der Waals surface area contributed by atoms with Crippen LogP contribution >= 0.6 is 0 Å². The average molecular weight is 492 g/mol. The summed E-state index contributed by atoms with van der Waals surface area (Å²) in [5.74, 6) is -0.884. The number of hydrogen-bond donors (Lipinski definition) is 2. The molecule has 2 N–H and O–H groups in total. The van der Waals surface area contributed by atoms with Crippen LogP contribution in [0.4, 0.5) is 4.39 Å². The normalized spacial score (nSPS) is 18.6. The third kappa shape index (κ3) is 4.75. The molecule has 10 heteroatoms. The van der Waals surface area contributed by atoms with Gasteiger partial charge in [0.15, 0.2) is 0 Å². The van der Waals surface area contributed by atoms with Crippen molar-refractivity contribution in [2.24, 2.45) is 0 Å². The second-order valence-electron chi connectivity index (χ2n) is 8.98. The van der Waals surface area contributed by atoms with Gasteiger partial charge in [0.05, 0.1) is 7.11 Å². The minimum Gasteiger partial charge on any atom is -0.507 e. The number of nitrogens with one attached hydrogen (secondary N) is 1. The van der Waals surface area contributed by atoms with Crippen LogP contribution in [0, 0.1) is 5.82 Å². The van der Waals surface area contributed by atoms with Crippen molar-refractivity contribution in [3.05, 3.63) is 59.4 Å². The number of methoxy groups -OCH3 is 1. The van der Waals surface area contributed by atoms with E-state index in [9.17, 15) is 22.7 Å². The standard InChI is InChI=1S/C24H30FN3O5S/c1-27(19-9-10-19)34(31,32)28-13-11-24(12-14-28,17-5-3-6-18(25)15-17)16-26-23(30)22-20(29)7-4-8-21(22)33-2/h3-8,15,19,29H,9-14,16H2,1-2H3,(H,26,30). The van der Waals surface area contributed by atoms with Crippen LogP contribution in [-0.4, -0.2) is 67.9 Å². The average Bonchev–Trinajstić information content (AvgIpc) is 3.67. The first-order valence-corrected chi connectivity index (χ1v) is 12.7. The Labute approximate surface area is 199 Å². The maximum Gasteiger partial charge on any atom is 0.281 e. The summed E-state index contributed by atoms with van der Waals surface area (Å²) >= 11 is 0. The van der Waals surface area contributed by atoms with Crippen molar-refractivity contribution in [1.29, 1.82) is 0 Å². The number of halogens is 1. The number of benzene rings is 2. The number of nitrogens with zero attached hydrogens (tertiary/aromatic N) is 2. The van der Waals surface area contributed by atoms with Gasteiger partial charge in [0.1, 0.15) is 22.9 Å². The van der Waals surface area contributed by atoms with E-state index in [1.807, 2.05) is 0 Å². The molecular weight excluding hydrogens is 461 g/mol. The Morgan fingerprint density at radius 1 is 1.24 bits per heavy atom. The maximum absolute atomic E-state index is 14.1. The Morgan fingerprint density at radius 2 is 1.91 bits per heavy atom. The van der Waals surface area contributed by atoms with Gasteiger partial charge in [-0.15, -0.1) is 0 Å². The zero-order valence-electron chi connectivity index (χ0n) is 19.3. The molecule has 1 aliphatic heterocycles. The van der Waals surface area contributed by atoms with Crippen molar-refractivity contribution < 1.29 is 27.4 Å². The van der Waals surface area contributed by atoms with Crippen molar-refractivity contribution >= 4 is 16.1 Å². The van der Waals surface area contributed by atoms with Crippen LogP contribution in [-0.2, 0) is 15.6 Å². The molecule has 1 amide bonds. The first-order chi connectivity index (χ1) is 16.2. The lowest BCUT2D eigenvalue weighted by molar-refractivity contribution is 0.0926. The second-order valence-corrected chi connectivity index (χ2v) is 11.0. The zero-order chi connectivity index (χ0) is 24.5. The van der Waals surface area contributed by atoms with Crippen LogP contribution < -0.4 is 10.1 Å². The molecule has 1 heterocycles. The molecule has 0 atom stereocenters. The molecular formula is C24H30FN3O5S. The van der Waals surface area contributed by atoms with Gasteiger partial charge in [0.2, 0.25) is 0 Å². The molecule has 2 aliphatic rings. The number of phenolic OH excluding ortho intramolecular Hbond substituents is 1. The van der Waals surface area contributed by atoms with E-state index < -0.39 is 27.3 Å². The quantitative estimate of drug-likeness (QED) is 0.592. The van der Waals surface area contributed by atoms with Gasteiger partial charge in [0, 0.05) is 38.1 Å². The van der Waals surface area contributed by atoms with E-state index in [-0.39, 0.29) is 42.7 Å². The van der Waals surface area contributed by atoms with Crippen molar-refractivity contribution in [3.63, 3.8) is 0 Å². The lowest BCUT2D eigenvalue weighted by Crippen LogP contribution is -2.53. The minimum atomic E-state index is -3.57. The number of hydrogen-bond acceptors (Lipinski definition) is 5. The van der Waals surface area contributed by atoms with Crippen molar-refractivity contribution in [1.82, 2.24) is 13.9 Å². The van der Waals surface area contributed by atoms with Crippen LogP contribution in [0.2, 0.25) is 0 Å². The van der Waals surface area contributed by atoms with E-state index in [4.69, 9.17) is 4.74 Å². The van der Waals surface area contributed by atoms with Crippen LogP contribution in [0.1, 0.15) is 41.6 Å². The topological polar surface area (TPSA) is 99.2 Å². The molecule has 1 saturated carbocycles. The molecule has 8 nitrogen and oxygen atoms in total. The van der Waals surface area contributed by atoms with Gasteiger partial charge >= 0.3 is 0 Å². The Bertz CT molecular complexity index is 1160. The fraction of sp³-hybridized carbons (Fsp3) is 0.458. The molecule has 0 radical (unpaired) electrons. The first kappa shape index (κ1) is 24.4. The summed E-state index contributed by atoms with van der Waals surface area (Å²) in [6, 6.07) is 10.8. The van der Waals surface area contributed by atoms with Crippen molar-refractivity contribution in [2.45, 2.75) is 37.1 Å². The van der Waals surface area contributed by atoms with Gasteiger partial charge in [-0.05, 0) is 55.5 Å². The predicted molar refractivity (Wildman–Crippen MR) is 126 cm³/mol. The lowest BCUT2D eigenvalue weighted by Gasteiger charge is -2.42. The number of phenols is 1. The van der Waals surface area contributed by atoms with Gasteiger partial charge < -0.3 is 15.2 Å². The van der Waals surface area contributed by atoms with Crippen molar-refractivity contribution in [2.75, 3.05) is 33.8 Å². The Morgan fingerprint density at radius 3 is 2.53 bits per heavy atom. The molecule has 0 spiro atoms. The van der Waals surface area contributed by atoms with Gasteiger partial charge in [-0.25, -0.2) is 4.39 Å². The molecule has 0 aromatic heterocycles. The number of carbonyl (C=O) groups is 1. The molecule has 0 bridgehead atoms. The first-order valence-electron chi connectivity index (χ1n) is 11.3. The van der Waals surface area contributed by atoms with Gasteiger partial charge in [-0.3, -0.25) is 4.79 Å². The van der Waals surface area contributed by atoms with Crippen molar-refractivity contribution in [3.8, 4) is 11.5 Å². The van der Waals surface area contributed by atoms with Crippen LogP contribution in [0.15, 0.2) is 42.5 Å². The largest absolute Gasteiger partial charge is 0.507 e. The monoisotopic (exact) mass is 491 g/mol. The lowest BCUT2D eigenvalue weighted by atomic mass is 9.73. The fourth-order valence-corrected chi connectivity index (χ4v) is 6.19. The number of ether oxygens (including phenoxy) is 1. The van der Waals surface area contributed by atoms with Crippen LogP contribution in [0.25, 0.3) is 0 Å². The summed E-state index contributed by atoms with van der Waals surface area (Å²) in [6.07, 6.45) is 2.57. The summed E-state index contributed by atoms with van der Waals surface area (Å²) in [5, 5.41) is 13.1. The summed E-state index contributed by atoms with van der Waals surface area (Å²) in [6.45, 7) is 0.663. The maximum atomic E-state index is 14.1. The van der Waals surface area contributed by atoms with E-state index >= 15 is 0 Å². The third-order valence-electron chi connectivity index (χ3n) is 6.91. The van der Waals surface area contributed by atoms with Gasteiger partial charge in [-0.1, -0.05) is 18.2 Å².